The van der Waals surface area contributed by atoms with Crippen LogP contribution < -0.4 is 5.32 Å². The molecule has 2 bridgehead atoms. The van der Waals surface area contributed by atoms with Crippen LogP contribution in [0.1, 0.15) is 67.2 Å². The minimum Gasteiger partial charge on any atom is -0.466 e. The van der Waals surface area contributed by atoms with Gasteiger partial charge >= 0.3 is 5.97 Å². The summed E-state index contributed by atoms with van der Waals surface area (Å²) in [5.74, 6) is -2.33. The number of carbonyl (C=O) groups excluding carboxylic acids is 3. The molecular formula is C23H38N2O6. The summed E-state index contributed by atoms with van der Waals surface area (Å²) in [6.45, 7) is 12.4. The number of aliphatic hydroxyl groups is 1. The number of rotatable bonds is 8. The molecule has 8 nitrogen and oxygen atoms in total. The zero-order valence-corrected chi connectivity index (χ0v) is 19.7. The zero-order valence-electron chi connectivity index (χ0n) is 19.7. The number of nitrogens with zero attached hydrogens (tertiary/aromatic N) is 1. The molecule has 3 heterocycles. The molecular weight excluding hydrogens is 400 g/mol. The average Bonchev–Trinajstić information content (AvgIpc) is 3.25. The van der Waals surface area contributed by atoms with Gasteiger partial charge in [-0.1, -0.05) is 20.8 Å². The van der Waals surface area contributed by atoms with Crippen molar-refractivity contribution in [3.8, 4) is 0 Å². The van der Waals surface area contributed by atoms with Crippen molar-refractivity contribution < 1.29 is 29.0 Å². The summed E-state index contributed by atoms with van der Waals surface area (Å²) in [6, 6.07) is -0.819. The summed E-state index contributed by atoms with van der Waals surface area (Å²) in [6.07, 6.45) is 1.89. The Bertz CT molecular complexity index is 730. The predicted molar refractivity (Wildman–Crippen MR) is 114 cm³/mol. The molecule has 0 aromatic rings. The van der Waals surface area contributed by atoms with E-state index in [4.69, 9.17) is 9.47 Å². The molecule has 5 atom stereocenters. The number of ether oxygens (including phenoxy) is 2. The fourth-order valence-electron chi connectivity index (χ4n) is 6.21. The molecule has 1 spiro atoms. The highest BCUT2D eigenvalue weighted by atomic mass is 16.6. The van der Waals surface area contributed by atoms with Gasteiger partial charge in [0, 0.05) is 18.7 Å². The molecule has 176 valence electrons. The summed E-state index contributed by atoms with van der Waals surface area (Å²) in [5.41, 5.74) is -1.49. The summed E-state index contributed by atoms with van der Waals surface area (Å²) in [4.78, 5) is 41.3. The van der Waals surface area contributed by atoms with Crippen LogP contribution in [-0.2, 0) is 23.9 Å². The van der Waals surface area contributed by atoms with Crippen molar-refractivity contribution in [3.63, 3.8) is 0 Å². The number of hydrogen-bond acceptors (Lipinski definition) is 6. The molecule has 3 fully saturated rings. The maximum Gasteiger partial charge on any atom is 0.312 e. The van der Waals surface area contributed by atoms with Gasteiger partial charge in [0.05, 0.1) is 24.5 Å². The Hall–Kier alpha value is -1.67. The van der Waals surface area contributed by atoms with E-state index in [9.17, 15) is 19.5 Å². The molecule has 0 radical (unpaired) electrons. The van der Waals surface area contributed by atoms with Crippen LogP contribution in [0.25, 0.3) is 0 Å². The van der Waals surface area contributed by atoms with E-state index in [1.807, 2.05) is 13.8 Å². The van der Waals surface area contributed by atoms with Crippen LogP contribution in [-0.4, -0.2) is 70.8 Å². The fraction of sp³-hybridized carbons (Fsp3) is 0.870. The molecule has 0 aliphatic carbocycles. The summed E-state index contributed by atoms with van der Waals surface area (Å²) >= 11 is 0. The van der Waals surface area contributed by atoms with Crippen molar-refractivity contribution in [2.24, 2.45) is 17.3 Å². The molecule has 2 amide bonds. The highest BCUT2D eigenvalue weighted by Crippen LogP contribution is 2.58. The number of esters is 1. The van der Waals surface area contributed by atoms with Crippen LogP contribution in [0.3, 0.4) is 0 Å². The molecule has 0 saturated carbocycles. The Balaban J connectivity index is 1.93. The van der Waals surface area contributed by atoms with E-state index >= 15 is 0 Å². The van der Waals surface area contributed by atoms with E-state index in [1.54, 1.807) is 6.92 Å². The number of carbonyl (C=O) groups is 3. The Labute approximate surface area is 185 Å². The lowest BCUT2D eigenvalue weighted by Crippen LogP contribution is -2.59. The second-order valence-corrected chi connectivity index (χ2v) is 11.0. The first-order chi connectivity index (χ1) is 14.4. The average molecular weight is 439 g/mol. The molecule has 3 aliphatic heterocycles. The minimum absolute atomic E-state index is 0.0109. The van der Waals surface area contributed by atoms with Crippen molar-refractivity contribution in [2.75, 3.05) is 19.8 Å². The number of fused-ring (bicyclic) bond motifs is 1. The normalized spacial score (nSPS) is 32.4. The van der Waals surface area contributed by atoms with Gasteiger partial charge < -0.3 is 24.8 Å². The smallest absolute Gasteiger partial charge is 0.312 e. The van der Waals surface area contributed by atoms with Gasteiger partial charge in [0.25, 0.3) is 0 Å². The highest BCUT2D eigenvalue weighted by molar-refractivity contribution is 5.98. The van der Waals surface area contributed by atoms with Gasteiger partial charge in [-0.15, -0.1) is 0 Å². The van der Waals surface area contributed by atoms with Crippen LogP contribution in [0.4, 0.5) is 0 Å². The lowest BCUT2D eigenvalue weighted by atomic mass is 9.70. The first kappa shape index (κ1) is 24.0. The standard InChI is InChI=1S/C23H38N2O6/c1-7-30-20(29)15-14-9-10-23(31-14)16(15)19(28)25(11-8-12-26)17(23)18(27)24-22(5,6)13-21(2,3)4/h14-17,26H,7-13H2,1-6H3,(H,24,27)/t14-,15+,16-,17?,23?/m0/s1. The summed E-state index contributed by atoms with van der Waals surface area (Å²) in [7, 11) is 0. The quantitative estimate of drug-likeness (QED) is 0.558. The first-order valence-corrected chi connectivity index (χ1v) is 11.4. The first-order valence-electron chi connectivity index (χ1n) is 11.4. The van der Waals surface area contributed by atoms with Crippen molar-refractivity contribution in [1.82, 2.24) is 10.2 Å². The van der Waals surface area contributed by atoms with Gasteiger partial charge in [0.2, 0.25) is 11.8 Å². The zero-order chi connectivity index (χ0) is 23.2. The largest absolute Gasteiger partial charge is 0.466 e. The Kier molecular flexibility index (Phi) is 6.46. The van der Waals surface area contributed by atoms with Crippen LogP contribution in [0.2, 0.25) is 0 Å². The molecule has 8 heteroatoms. The number of likely N-dealkylation sites (tertiary alicyclic amines) is 1. The third-order valence-corrected chi connectivity index (χ3v) is 6.60. The maximum atomic E-state index is 13.6. The highest BCUT2D eigenvalue weighted by Gasteiger charge is 2.74. The van der Waals surface area contributed by atoms with E-state index in [0.717, 1.165) is 6.42 Å². The topological polar surface area (TPSA) is 105 Å². The van der Waals surface area contributed by atoms with Gasteiger partial charge in [0.1, 0.15) is 11.6 Å². The van der Waals surface area contributed by atoms with Crippen molar-refractivity contribution >= 4 is 17.8 Å². The van der Waals surface area contributed by atoms with Crippen molar-refractivity contribution in [3.05, 3.63) is 0 Å². The van der Waals surface area contributed by atoms with Crippen LogP contribution in [0.15, 0.2) is 0 Å². The maximum absolute atomic E-state index is 13.6. The fourth-order valence-corrected chi connectivity index (χ4v) is 6.21. The van der Waals surface area contributed by atoms with E-state index < -0.39 is 41.1 Å². The van der Waals surface area contributed by atoms with E-state index in [2.05, 4.69) is 26.1 Å². The lowest BCUT2D eigenvalue weighted by Gasteiger charge is -2.38. The van der Waals surface area contributed by atoms with Crippen molar-refractivity contribution in [2.45, 2.75) is 90.5 Å². The Morgan fingerprint density at radius 3 is 2.55 bits per heavy atom. The lowest BCUT2D eigenvalue weighted by molar-refractivity contribution is -0.154. The van der Waals surface area contributed by atoms with E-state index in [-0.39, 0.29) is 37.0 Å². The Morgan fingerprint density at radius 2 is 1.97 bits per heavy atom. The number of aliphatic hydroxyl groups excluding tert-OH is 1. The molecule has 0 aromatic carbocycles. The van der Waals surface area contributed by atoms with Gasteiger partial charge in [-0.25, -0.2) is 0 Å². The van der Waals surface area contributed by atoms with Crippen molar-refractivity contribution in [1.29, 1.82) is 0 Å². The van der Waals surface area contributed by atoms with Gasteiger partial charge in [-0.05, 0) is 51.9 Å². The van der Waals surface area contributed by atoms with E-state index in [1.165, 1.54) is 4.90 Å². The number of amides is 2. The molecule has 0 aromatic heterocycles. The number of nitrogens with one attached hydrogen (secondary N) is 1. The molecule has 3 rings (SSSR count). The molecule has 2 unspecified atom stereocenters. The third-order valence-electron chi connectivity index (χ3n) is 6.60. The Morgan fingerprint density at radius 1 is 1.29 bits per heavy atom. The predicted octanol–water partition coefficient (Wildman–Crippen LogP) is 1.64. The van der Waals surface area contributed by atoms with Crippen LogP contribution in [0, 0.1) is 17.3 Å². The number of hydrogen-bond donors (Lipinski definition) is 2. The monoisotopic (exact) mass is 438 g/mol. The van der Waals surface area contributed by atoms with Gasteiger partial charge in [-0.2, -0.15) is 0 Å². The second-order valence-electron chi connectivity index (χ2n) is 11.0. The van der Waals surface area contributed by atoms with Crippen LogP contribution >= 0.6 is 0 Å². The SMILES string of the molecule is CCOC(=O)[C@@H]1[C@@H]2CCC3(O2)C(C(=O)NC(C)(C)CC(C)(C)C)N(CCCO)C(=O)[C@H]13. The third kappa shape index (κ3) is 4.33. The molecule has 2 N–H and O–H groups in total. The molecule has 3 aliphatic rings. The second kappa shape index (κ2) is 8.35. The molecule has 31 heavy (non-hydrogen) atoms. The molecule has 3 saturated heterocycles. The van der Waals surface area contributed by atoms with E-state index in [0.29, 0.717) is 19.3 Å². The van der Waals surface area contributed by atoms with Crippen LogP contribution in [0.5, 0.6) is 0 Å². The van der Waals surface area contributed by atoms with Gasteiger partial charge in [0.15, 0.2) is 0 Å². The summed E-state index contributed by atoms with van der Waals surface area (Å²) in [5, 5.41) is 12.5. The van der Waals surface area contributed by atoms with Gasteiger partial charge in [-0.3, -0.25) is 14.4 Å². The summed E-state index contributed by atoms with van der Waals surface area (Å²) < 4.78 is 11.6. The minimum atomic E-state index is -1.02.